The Balaban J connectivity index is 0.00000112. The first kappa shape index (κ1) is 12.7. The quantitative estimate of drug-likeness (QED) is 0.410. The van der Waals surface area contributed by atoms with E-state index in [4.69, 9.17) is 0 Å². The zero-order valence-corrected chi connectivity index (χ0v) is 12.1. The third-order valence-corrected chi connectivity index (χ3v) is 2.79. The number of aromatic amines is 1. The molecule has 2 heterocycles. The van der Waals surface area contributed by atoms with Crippen LogP contribution < -0.4 is 40.8 Å². The molecule has 0 amide bonds. The van der Waals surface area contributed by atoms with Gasteiger partial charge in [-0.2, -0.15) is 0 Å². The van der Waals surface area contributed by atoms with Crippen LogP contribution in [0, 0.1) is 0 Å². The average Bonchev–Trinajstić information content (AvgIpc) is 2.40. The summed E-state index contributed by atoms with van der Waals surface area (Å²) in [5, 5.41) is 0. The second kappa shape index (κ2) is 4.25. The molecule has 2 aromatic heterocycles. The Morgan fingerprint density at radius 2 is 1.93 bits per heavy atom. The summed E-state index contributed by atoms with van der Waals surface area (Å²) in [5.74, 6) is 0. The monoisotopic (exact) mass is 282 g/mol. The van der Waals surface area contributed by atoms with Gasteiger partial charge in [-0.15, -0.1) is 0 Å². The summed E-state index contributed by atoms with van der Waals surface area (Å²) in [4.78, 5) is 28.9. The van der Waals surface area contributed by atoms with E-state index < -0.39 is 11.2 Å². The van der Waals surface area contributed by atoms with Crippen LogP contribution in [0.15, 0.2) is 14.3 Å². The van der Waals surface area contributed by atoms with E-state index in [2.05, 4.69) is 25.9 Å². The minimum absolute atomic E-state index is 0. The molecule has 0 saturated heterocycles. The fraction of sp³-hybridized carbons (Fsp3) is 0.286. The van der Waals surface area contributed by atoms with Gasteiger partial charge >= 0.3 is 35.2 Å². The molecule has 0 aromatic carbocycles. The van der Waals surface area contributed by atoms with Gasteiger partial charge in [0.2, 0.25) is 0 Å². The van der Waals surface area contributed by atoms with Gasteiger partial charge < -0.3 is 5.99 Å². The fourth-order valence-electron chi connectivity index (χ4n) is 1.28. The summed E-state index contributed by atoms with van der Waals surface area (Å²) in [5.41, 5.74) is -0.149. The zero-order valence-electron chi connectivity index (χ0n) is 9.54. The SMILES string of the molecule is Cn1c(Br)nc2c1c(=O)[nH]c(=O)n2C.[H-].[Na+]. The normalized spacial score (nSPS) is 10.3. The molecule has 0 aliphatic heterocycles. The van der Waals surface area contributed by atoms with Crippen molar-refractivity contribution in [1.82, 2.24) is 19.1 Å². The van der Waals surface area contributed by atoms with Crippen LogP contribution in [0.25, 0.3) is 11.2 Å². The number of rotatable bonds is 0. The van der Waals surface area contributed by atoms with Crippen molar-refractivity contribution in [3.63, 3.8) is 0 Å². The first-order valence-corrected chi connectivity index (χ1v) is 4.63. The van der Waals surface area contributed by atoms with Gasteiger partial charge in [-0.3, -0.25) is 14.3 Å². The Bertz CT molecular complexity index is 632. The largest absolute Gasteiger partial charge is 1.00 e. The number of aryl methyl sites for hydroxylation is 2. The van der Waals surface area contributed by atoms with E-state index in [9.17, 15) is 9.59 Å². The summed E-state index contributed by atoms with van der Waals surface area (Å²) < 4.78 is 3.38. The zero-order chi connectivity index (χ0) is 10.5. The molecule has 2 aromatic rings. The van der Waals surface area contributed by atoms with Crippen LogP contribution in [0.4, 0.5) is 0 Å². The number of nitrogens with zero attached hydrogens (tertiary/aromatic N) is 3. The van der Waals surface area contributed by atoms with Crippen LogP contribution in [0.1, 0.15) is 1.43 Å². The summed E-state index contributed by atoms with van der Waals surface area (Å²) >= 11 is 3.19. The second-order valence-corrected chi connectivity index (χ2v) is 3.64. The van der Waals surface area contributed by atoms with Gasteiger partial charge in [-0.05, 0) is 15.9 Å². The first-order chi connectivity index (χ1) is 6.52. The number of fused-ring (bicyclic) bond motifs is 1. The predicted octanol–water partition coefficient (Wildman–Crippen LogP) is -3.16. The van der Waals surface area contributed by atoms with Crippen LogP contribution >= 0.6 is 15.9 Å². The van der Waals surface area contributed by atoms with E-state index in [1.54, 1.807) is 18.7 Å². The summed E-state index contributed by atoms with van der Waals surface area (Å²) in [6.07, 6.45) is 0. The molecule has 2 rings (SSSR count). The number of halogens is 1. The molecular formula is C7H8BrN4NaO2. The smallest absolute Gasteiger partial charge is 1.00 e. The maximum absolute atomic E-state index is 11.4. The van der Waals surface area contributed by atoms with Crippen LogP contribution in [-0.2, 0) is 14.1 Å². The number of hydrogen-bond acceptors (Lipinski definition) is 3. The molecule has 0 unspecified atom stereocenters. The predicted molar refractivity (Wildman–Crippen MR) is 55.4 cm³/mol. The molecule has 76 valence electrons. The van der Waals surface area contributed by atoms with Crippen molar-refractivity contribution in [2.45, 2.75) is 0 Å². The van der Waals surface area contributed by atoms with E-state index in [-0.39, 0.29) is 31.0 Å². The fourth-order valence-corrected chi connectivity index (χ4v) is 1.63. The number of H-pyrrole nitrogens is 1. The number of imidazole rings is 1. The minimum Gasteiger partial charge on any atom is -1.00 e. The topological polar surface area (TPSA) is 72.7 Å². The van der Waals surface area contributed by atoms with Gasteiger partial charge in [0, 0.05) is 14.1 Å². The first-order valence-electron chi connectivity index (χ1n) is 3.83. The molecule has 15 heavy (non-hydrogen) atoms. The molecule has 0 fully saturated rings. The molecule has 0 bridgehead atoms. The minimum atomic E-state index is -0.465. The third kappa shape index (κ3) is 1.84. The van der Waals surface area contributed by atoms with Crippen molar-refractivity contribution in [3.8, 4) is 0 Å². The Morgan fingerprint density at radius 3 is 2.53 bits per heavy atom. The van der Waals surface area contributed by atoms with Crippen LogP contribution in [-0.4, -0.2) is 19.1 Å². The van der Waals surface area contributed by atoms with Gasteiger partial charge in [-0.1, -0.05) is 0 Å². The van der Waals surface area contributed by atoms with Crippen molar-refractivity contribution in [2.24, 2.45) is 14.1 Å². The molecule has 0 radical (unpaired) electrons. The second-order valence-electron chi connectivity index (χ2n) is 2.93. The summed E-state index contributed by atoms with van der Waals surface area (Å²) in [7, 11) is 3.25. The van der Waals surface area contributed by atoms with E-state index in [0.29, 0.717) is 15.9 Å². The number of aromatic nitrogens is 4. The van der Waals surface area contributed by atoms with Gasteiger partial charge in [0.25, 0.3) is 5.56 Å². The van der Waals surface area contributed by atoms with E-state index >= 15 is 0 Å². The molecule has 0 saturated carbocycles. The van der Waals surface area contributed by atoms with E-state index in [0.717, 1.165) is 0 Å². The van der Waals surface area contributed by atoms with Crippen molar-refractivity contribution in [1.29, 1.82) is 0 Å². The molecule has 0 atom stereocenters. The summed E-state index contributed by atoms with van der Waals surface area (Å²) in [6, 6.07) is 0. The van der Waals surface area contributed by atoms with Gasteiger partial charge in [-0.25, -0.2) is 9.78 Å². The van der Waals surface area contributed by atoms with Crippen LogP contribution in [0.5, 0.6) is 0 Å². The average molecular weight is 283 g/mol. The van der Waals surface area contributed by atoms with Crippen LogP contribution in [0.3, 0.4) is 0 Å². The number of nitrogens with one attached hydrogen (secondary N) is 1. The Hall–Kier alpha value is -0.370. The third-order valence-electron chi connectivity index (χ3n) is 2.08. The van der Waals surface area contributed by atoms with E-state index in [1.165, 1.54) is 4.57 Å². The Morgan fingerprint density at radius 1 is 1.33 bits per heavy atom. The van der Waals surface area contributed by atoms with Gasteiger partial charge in [0.05, 0.1) is 0 Å². The molecular weight excluding hydrogens is 275 g/mol. The molecule has 6 nitrogen and oxygen atoms in total. The van der Waals surface area contributed by atoms with Crippen molar-refractivity contribution >= 4 is 27.1 Å². The Labute approximate surface area is 116 Å². The maximum atomic E-state index is 11.4. The van der Waals surface area contributed by atoms with Crippen molar-refractivity contribution < 1.29 is 31.0 Å². The number of hydrogen-bond donors (Lipinski definition) is 1. The molecule has 8 heteroatoms. The molecule has 0 aliphatic rings. The standard InChI is InChI=1S/C7H7BrN4O2.Na.H/c1-11-3-4(9-6(11)8)12(2)7(14)10-5(3)13;;/h1-2H3,(H,10,13,14);;/q;+1;-1. The summed E-state index contributed by atoms with van der Waals surface area (Å²) in [6.45, 7) is 0. The van der Waals surface area contributed by atoms with Crippen LogP contribution in [0.2, 0.25) is 0 Å². The molecule has 0 aliphatic carbocycles. The molecule has 0 spiro atoms. The van der Waals surface area contributed by atoms with Crippen molar-refractivity contribution in [3.05, 3.63) is 25.6 Å². The van der Waals surface area contributed by atoms with Crippen molar-refractivity contribution in [2.75, 3.05) is 0 Å². The maximum Gasteiger partial charge on any atom is 1.00 e. The van der Waals surface area contributed by atoms with E-state index in [1.807, 2.05) is 0 Å². The molecule has 1 N–H and O–H groups in total. The Kier molecular flexibility index (Phi) is 3.59. The van der Waals surface area contributed by atoms with Gasteiger partial charge in [0.15, 0.2) is 15.9 Å². The van der Waals surface area contributed by atoms with Gasteiger partial charge in [0.1, 0.15) is 0 Å².